The van der Waals surface area contributed by atoms with Crippen LogP contribution in [0.15, 0.2) is 21.8 Å². The van der Waals surface area contributed by atoms with E-state index in [0.717, 1.165) is 20.6 Å². The number of nitrogens with zero attached hydrogens (tertiary/aromatic N) is 3. The number of carbonyl (C=O) groups is 1. The van der Waals surface area contributed by atoms with E-state index in [1.165, 1.54) is 23.1 Å². The maximum Gasteiger partial charge on any atom is 0.308 e. The maximum absolute atomic E-state index is 10.7. The summed E-state index contributed by atoms with van der Waals surface area (Å²) in [6.45, 7) is 3.71. The van der Waals surface area contributed by atoms with Crippen LogP contribution in [0.2, 0.25) is 0 Å². The number of hydrogen-bond donors (Lipinski definition) is 1. The molecule has 0 saturated carbocycles. The molecule has 0 aliphatic rings. The molecule has 0 amide bonds. The highest BCUT2D eigenvalue weighted by molar-refractivity contribution is 8.00. The van der Waals surface area contributed by atoms with Crippen LogP contribution in [0.5, 0.6) is 0 Å². The van der Waals surface area contributed by atoms with Gasteiger partial charge in [0.05, 0.1) is 12.1 Å². The molecule has 2 rings (SSSR count). The van der Waals surface area contributed by atoms with E-state index in [2.05, 4.69) is 15.0 Å². The van der Waals surface area contributed by atoms with Gasteiger partial charge >= 0.3 is 5.97 Å². The van der Waals surface area contributed by atoms with E-state index in [1.54, 1.807) is 6.20 Å². The van der Waals surface area contributed by atoms with E-state index in [9.17, 15) is 4.79 Å². The molecular formula is C11H11N3O2S2. The van der Waals surface area contributed by atoms with E-state index >= 15 is 0 Å². The smallest absolute Gasteiger partial charge is 0.308 e. The molecule has 0 fully saturated rings. The van der Waals surface area contributed by atoms with Gasteiger partial charge in [0.15, 0.2) is 9.50 Å². The van der Waals surface area contributed by atoms with Crippen LogP contribution in [-0.2, 0) is 11.2 Å². The summed E-state index contributed by atoms with van der Waals surface area (Å²) >= 11 is 2.74. The Morgan fingerprint density at radius 3 is 2.89 bits per heavy atom. The van der Waals surface area contributed by atoms with E-state index < -0.39 is 5.97 Å². The van der Waals surface area contributed by atoms with Gasteiger partial charge in [-0.05, 0) is 31.7 Å². The minimum absolute atomic E-state index is 0.0126. The summed E-state index contributed by atoms with van der Waals surface area (Å²) in [5, 5.41) is 9.40. The highest BCUT2D eigenvalue weighted by Crippen LogP contribution is 2.31. The highest BCUT2D eigenvalue weighted by Gasteiger charge is 2.12. The maximum atomic E-state index is 10.7. The minimum atomic E-state index is -0.842. The Morgan fingerprint density at radius 2 is 2.22 bits per heavy atom. The van der Waals surface area contributed by atoms with E-state index in [4.69, 9.17) is 5.11 Å². The lowest BCUT2D eigenvalue weighted by atomic mass is 10.3. The minimum Gasteiger partial charge on any atom is -0.481 e. The lowest BCUT2D eigenvalue weighted by molar-refractivity contribution is -0.136. The molecule has 1 N–H and O–H groups in total. The molecule has 0 radical (unpaired) electrons. The van der Waals surface area contributed by atoms with Crippen molar-refractivity contribution < 1.29 is 9.90 Å². The van der Waals surface area contributed by atoms with E-state index in [0.29, 0.717) is 5.16 Å². The Bertz CT molecular complexity index is 583. The molecule has 18 heavy (non-hydrogen) atoms. The zero-order chi connectivity index (χ0) is 13.1. The molecular weight excluding hydrogens is 270 g/mol. The van der Waals surface area contributed by atoms with Crippen LogP contribution in [0.3, 0.4) is 0 Å². The Kier molecular flexibility index (Phi) is 3.93. The Morgan fingerprint density at radius 1 is 1.44 bits per heavy atom. The van der Waals surface area contributed by atoms with Gasteiger partial charge in [-0.3, -0.25) is 4.79 Å². The molecule has 0 aliphatic heterocycles. The van der Waals surface area contributed by atoms with Crippen LogP contribution in [0.25, 0.3) is 0 Å². The average Bonchev–Trinajstić information content (AvgIpc) is 2.58. The van der Waals surface area contributed by atoms with Gasteiger partial charge in [-0.15, -0.1) is 11.3 Å². The molecule has 94 valence electrons. The van der Waals surface area contributed by atoms with Gasteiger partial charge in [0.1, 0.15) is 0 Å². The Hall–Kier alpha value is -1.47. The first-order valence-electron chi connectivity index (χ1n) is 5.20. The molecule has 0 aliphatic carbocycles. The highest BCUT2D eigenvalue weighted by atomic mass is 32.2. The Balaban J connectivity index is 2.17. The van der Waals surface area contributed by atoms with E-state index in [-0.39, 0.29) is 6.42 Å². The number of aryl methyl sites for hydroxylation is 2. The zero-order valence-electron chi connectivity index (χ0n) is 9.88. The van der Waals surface area contributed by atoms with Gasteiger partial charge in [0.25, 0.3) is 0 Å². The fraction of sp³-hybridized carbons (Fsp3) is 0.273. The molecule has 2 heterocycles. The van der Waals surface area contributed by atoms with Crippen molar-refractivity contribution in [3.8, 4) is 0 Å². The van der Waals surface area contributed by atoms with Gasteiger partial charge in [-0.25, -0.2) is 15.0 Å². The summed E-state index contributed by atoms with van der Waals surface area (Å²) in [4.78, 5) is 24.2. The van der Waals surface area contributed by atoms with Crippen molar-refractivity contribution in [3.63, 3.8) is 0 Å². The number of aliphatic carboxylic acids is 1. The monoisotopic (exact) mass is 281 g/mol. The SMILES string of the molecule is Cc1ccnc(Sc2nc(C)c(CC(=O)O)s2)n1. The standard InChI is InChI=1S/C11H11N3O2S2/c1-6-3-4-12-10(13-6)18-11-14-7(2)8(17-11)5-9(15)16/h3-4H,5H2,1-2H3,(H,15,16). The molecule has 0 aromatic carbocycles. The molecule has 0 atom stereocenters. The number of carboxylic acids is 1. The van der Waals surface area contributed by atoms with Gasteiger partial charge < -0.3 is 5.11 Å². The van der Waals surface area contributed by atoms with Gasteiger partial charge in [-0.1, -0.05) is 0 Å². The molecule has 2 aromatic rings. The van der Waals surface area contributed by atoms with Gasteiger partial charge in [0.2, 0.25) is 0 Å². The van der Waals surface area contributed by atoms with Crippen LogP contribution >= 0.6 is 23.1 Å². The number of rotatable bonds is 4. The predicted octanol–water partition coefficient (Wildman–Crippen LogP) is 2.33. The van der Waals surface area contributed by atoms with Crippen molar-refractivity contribution in [2.75, 3.05) is 0 Å². The van der Waals surface area contributed by atoms with E-state index in [1.807, 2.05) is 19.9 Å². The van der Waals surface area contributed by atoms with Crippen LogP contribution in [0, 0.1) is 13.8 Å². The van der Waals surface area contributed by atoms with Crippen molar-refractivity contribution in [2.24, 2.45) is 0 Å². The summed E-state index contributed by atoms with van der Waals surface area (Å²) < 4.78 is 0.773. The summed E-state index contributed by atoms with van der Waals surface area (Å²) in [6.07, 6.45) is 1.71. The van der Waals surface area contributed by atoms with Crippen molar-refractivity contribution in [1.29, 1.82) is 0 Å². The molecule has 0 spiro atoms. The third kappa shape index (κ3) is 3.27. The molecule has 7 heteroatoms. The van der Waals surface area contributed by atoms with Gasteiger partial charge in [0, 0.05) is 16.8 Å². The number of carboxylic acid groups (broad SMARTS) is 1. The lowest BCUT2D eigenvalue weighted by Gasteiger charge is -1.96. The fourth-order valence-electron chi connectivity index (χ4n) is 1.30. The van der Waals surface area contributed by atoms with Crippen LogP contribution < -0.4 is 0 Å². The second-order valence-electron chi connectivity index (χ2n) is 3.64. The summed E-state index contributed by atoms with van der Waals surface area (Å²) in [6, 6.07) is 1.83. The number of hydrogen-bond acceptors (Lipinski definition) is 6. The number of thiazole rings is 1. The predicted molar refractivity (Wildman–Crippen MR) is 69.1 cm³/mol. The first-order valence-corrected chi connectivity index (χ1v) is 6.83. The summed E-state index contributed by atoms with van der Waals surface area (Å²) in [7, 11) is 0. The molecule has 0 saturated heterocycles. The van der Waals surface area contributed by atoms with Crippen molar-refractivity contribution in [3.05, 3.63) is 28.5 Å². The summed E-state index contributed by atoms with van der Waals surface area (Å²) in [5.41, 5.74) is 1.66. The molecule has 2 aromatic heterocycles. The zero-order valence-corrected chi connectivity index (χ0v) is 11.5. The van der Waals surface area contributed by atoms with Crippen molar-refractivity contribution in [2.45, 2.75) is 29.8 Å². The second-order valence-corrected chi connectivity index (χ2v) is 5.94. The van der Waals surface area contributed by atoms with Crippen molar-refractivity contribution in [1.82, 2.24) is 15.0 Å². The molecule has 0 bridgehead atoms. The lowest BCUT2D eigenvalue weighted by Crippen LogP contribution is -1.99. The summed E-state index contributed by atoms with van der Waals surface area (Å²) in [5.74, 6) is -0.842. The topological polar surface area (TPSA) is 76.0 Å². The third-order valence-electron chi connectivity index (χ3n) is 2.14. The van der Waals surface area contributed by atoms with Crippen LogP contribution in [0.4, 0.5) is 0 Å². The molecule has 0 unspecified atom stereocenters. The first kappa shape index (κ1) is 13.0. The van der Waals surface area contributed by atoms with Crippen LogP contribution in [0.1, 0.15) is 16.3 Å². The largest absolute Gasteiger partial charge is 0.481 e. The van der Waals surface area contributed by atoms with Gasteiger partial charge in [-0.2, -0.15) is 0 Å². The second kappa shape index (κ2) is 5.45. The van der Waals surface area contributed by atoms with Crippen molar-refractivity contribution >= 4 is 29.1 Å². The molecule has 5 nitrogen and oxygen atoms in total. The number of aromatic nitrogens is 3. The Labute approximate surface area is 112 Å². The first-order chi connectivity index (χ1) is 8.54. The average molecular weight is 281 g/mol. The van der Waals surface area contributed by atoms with Crippen LogP contribution in [-0.4, -0.2) is 26.0 Å². The fourth-order valence-corrected chi connectivity index (χ4v) is 3.42. The normalized spacial score (nSPS) is 10.6. The third-order valence-corrected chi connectivity index (χ3v) is 4.23. The quantitative estimate of drug-likeness (QED) is 0.867.